The molecule has 0 saturated carbocycles. The molecule has 0 aliphatic carbocycles. The average Bonchev–Trinajstić information content (AvgIpc) is 2.63. The molecule has 0 bridgehead atoms. The van der Waals surface area contributed by atoms with Crippen LogP contribution in [0.5, 0.6) is 5.88 Å². The van der Waals surface area contributed by atoms with Crippen molar-refractivity contribution in [1.29, 1.82) is 0 Å². The molecule has 28 heavy (non-hydrogen) atoms. The first-order valence-corrected chi connectivity index (χ1v) is 11.1. The van der Waals surface area contributed by atoms with Crippen LogP contribution < -0.4 is 15.4 Å². The fourth-order valence-electron chi connectivity index (χ4n) is 2.53. The maximum absolute atomic E-state index is 11.7. The smallest absolute Gasteiger partial charge is 0.232 e. The van der Waals surface area contributed by atoms with Crippen LogP contribution in [-0.4, -0.2) is 45.3 Å². The van der Waals surface area contributed by atoms with E-state index in [0.29, 0.717) is 53.6 Å². The standard InChI is InChI=1S/C19H25ClN4O3S/c1-4-21-19(23-10-11-27-18-16(20)6-5-9-22-18)24-13-15-7-8-17(14(2)12-15)28(3,25)26/h5-9,12H,4,10-11,13H2,1-3H3,(H2,21,23,24). The number of halogens is 1. The Labute approximate surface area is 171 Å². The van der Waals surface area contributed by atoms with Gasteiger partial charge in [0.2, 0.25) is 5.88 Å². The van der Waals surface area contributed by atoms with Crippen LogP contribution in [0.15, 0.2) is 46.4 Å². The summed E-state index contributed by atoms with van der Waals surface area (Å²) in [6.07, 6.45) is 2.83. The van der Waals surface area contributed by atoms with Gasteiger partial charge in [-0.15, -0.1) is 0 Å². The lowest BCUT2D eigenvalue weighted by Crippen LogP contribution is -2.39. The number of rotatable bonds is 8. The fraction of sp³-hybridized carbons (Fsp3) is 0.368. The van der Waals surface area contributed by atoms with Gasteiger partial charge in [0.05, 0.1) is 18.0 Å². The maximum Gasteiger partial charge on any atom is 0.232 e. The van der Waals surface area contributed by atoms with Gasteiger partial charge in [-0.1, -0.05) is 23.7 Å². The predicted octanol–water partition coefficient (Wildman–Crippen LogP) is 2.58. The summed E-state index contributed by atoms with van der Waals surface area (Å²) in [5, 5.41) is 6.81. The molecular formula is C19H25ClN4O3S. The number of hydrogen-bond acceptors (Lipinski definition) is 5. The number of nitrogens with zero attached hydrogens (tertiary/aromatic N) is 2. The monoisotopic (exact) mass is 424 g/mol. The van der Waals surface area contributed by atoms with Crippen molar-refractivity contribution in [3.8, 4) is 5.88 Å². The molecule has 0 aliphatic heterocycles. The van der Waals surface area contributed by atoms with E-state index in [1.807, 2.05) is 13.0 Å². The van der Waals surface area contributed by atoms with E-state index < -0.39 is 9.84 Å². The summed E-state index contributed by atoms with van der Waals surface area (Å²) in [4.78, 5) is 8.94. The van der Waals surface area contributed by atoms with Gasteiger partial charge in [-0.3, -0.25) is 0 Å². The summed E-state index contributed by atoms with van der Waals surface area (Å²) in [6, 6.07) is 8.71. The van der Waals surface area contributed by atoms with E-state index in [0.717, 1.165) is 5.56 Å². The van der Waals surface area contributed by atoms with Crippen molar-refractivity contribution in [2.24, 2.45) is 4.99 Å². The number of guanidine groups is 1. The van der Waals surface area contributed by atoms with Gasteiger partial charge in [-0.25, -0.2) is 18.4 Å². The van der Waals surface area contributed by atoms with Crippen LogP contribution in [0.25, 0.3) is 0 Å². The van der Waals surface area contributed by atoms with Gasteiger partial charge >= 0.3 is 0 Å². The van der Waals surface area contributed by atoms with E-state index in [2.05, 4.69) is 20.6 Å². The SMILES string of the molecule is CCNC(=NCc1ccc(S(C)(=O)=O)c(C)c1)NCCOc1ncccc1Cl. The molecule has 0 fully saturated rings. The van der Waals surface area contributed by atoms with E-state index in [9.17, 15) is 8.42 Å². The van der Waals surface area contributed by atoms with Crippen LogP contribution in [0.4, 0.5) is 0 Å². The fourth-order valence-corrected chi connectivity index (χ4v) is 3.67. The highest BCUT2D eigenvalue weighted by molar-refractivity contribution is 7.90. The van der Waals surface area contributed by atoms with Crippen molar-refractivity contribution < 1.29 is 13.2 Å². The van der Waals surface area contributed by atoms with Gasteiger partial charge in [0.25, 0.3) is 0 Å². The Morgan fingerprint density at radius 3 is 2.71 bits per heavy atom. The van der Waals surface area contributed by atoms with Gasteiger partial charge in [-0.2, -0.15) is 0 Å². The van der Waals surface area contributed by atoms with Crippen molar-refractivity contribution in [3.63, 3.8) is 0 Å². The number of aliphatic imine (C=N–C) groups is 1. The third-order valence-electron chi connectivity index (χ3n) is 3.76. The van der Waals surface area contributed by atoms with Crippen molar-refractivity contribution in [2.75, 3.05) is 26.0 Å². The summed E-state index contributed by atoms with van der Waals surface area (Å²) < 4.78 is 29.0. The van der Waals surface area contributed by atoms with Gasteiger partial charge in [0, 0.05) is 19.0 Å². The molecule has 7 nitrogen and oxygen atoms in total. The summed E-state index contributed by atoms with van der Waals surface area (Å²) in [7, 11) is -3.22. The zero-order valence-corrected chi connectivity index (χ0v) is 17.8. The quantitative estimate of drug-likeness (QED) is 0.384. The van der Waals surface area contributed by atoms with Crippen LogP contribution in [0, 0.1) is 6.92 Å². The molecule has 0 unspecified atom stereocenters. The molecule has 0 radical (unpaired) electrons. The van der Waals surface area contributed by atoms with E-state index >= 15 is 0 Å². The molecule has 1 heterocycles. The number of sulfone groups is 1. The maximum atomic E-state index is 11.7. The molecule has 0 aliphatic rings. The van der Waals surface area contributed by atoms with Gasteiger partial charge in [-0.05, 0) is 43.2 Å². The van der Waals surface area contributed by atoms with Crippen molar-refractivity contribution in [3.05, 3.63) is 52.7 Å². The third-order valence-corrected chi connectivity index (χ3v) is 5.31. The lowest BCUT2D eigenvalue weighted by molar-refractivity contribution is 0.310. The summed E-state index contributed by atoms with van der Waals surface area (Å²) in [5.74, 6) is 1.04. The minimum absolute atomic E-state index is 0.343. The molecule has 152 valence electrons. The van der Waals surface area contributed by atoms with Gasteiger partial charge < -0.3 is 15.4 Å². The molecule has 1 aromatic heterocycles. The van der Waals surface area contributed by atoms with Crippen molar-refractivity contribution in [2.45, 2.75) is 25.3 Å². The Hall–Kier alpha value is -2.32. The lowest BCUT2D eigenvalue weighted by Gasteiger charge is -2.12. The molecule has 2 rings (SSSR count). The van der Waals surface area contributed by atoms with Crippen LogP contribution in [-0.2, 0) is 16.4 Å². The van der Waals surface area contributed by atoms with E-state index in [-0.39, 0.29) is 0 Å². The van der Waals surface area contributed by atoms with Crippen molar-refractivity contribution >= 4 is 27.4 Å². The van der Waals surface area contributed by atoms with Crippen LogP contribution in [0.1, 0.15) is 18.1 Å². The lowest BCUT2D eigenvalue weighted by atomic mass is 10.1. The Kier molecular flexibility index (Phi) is 8.07. The Bertz CT molecular complexity index is 933. The number of aryl methyl sites for hydroxylation is 1. The number of pyridine rings is 1. The van der Waals surface area contributed by atoms with Gasteiger partial charge in [0.1, 0.15) is 11.6 Å². The molecule has 0 saturated heterocycles. The summed E-state index contributed by atoms with van der Waals surface area (Å²) >= 11 is 6.00. The van der Waals surface area contributed by atoms with Gasteiger partial charge in [0.15, 0.2) is 15.8 Å². The molecule has 2 N–H and O–H groups in total. The molecule has 0 amide bonds. The number of benzene rings is 1. The second-order valence-electron chi connectivity index (χ2n) is 6.13. The van der Waals surface area contributed by atoms with Crippen LogP contribution in [0.2, 0.25) is 5.02 Å². The number of aromatic nitrogens is 1. The largest absolute Gasteiger partial charge is 0.475 e. The van der Waals surface area contributed by atoms with E-state index in [4.69, 9.17) is 16.3 Å². The molecule has 0 atom stereocenters. The zero-order valence-electron chi connectivity index (χ0n) is 16.2. The first-order valence-electron chi connectivity index (χ1n) is 8.86. The Balaban J connectivity index is 1.93. The molecule has 2 aromatic rings. The number of ether oxygens (including phenoxy) is 1. The summed E-state index contributed by atoms with van der Waals surface area (Å²) in [5.41, 5.74) is 1.65. The molecule has 1 aromatic carbocycles. The van der Waals surface area contributed by atoms with Crippen LogP contribution in [0.3, 0.4) is 0 Å². The molecule has 0 spiro atoms. The van der Waals surface area contributed by atoms with E-state index in [1.54, 1.807) is 37.4 Å². The second kappa shape index (κ2) is 10.3. The minimum atomic E-state index is -3.22. The zero-order chi connectivity index (χ0) is 20.6. The highest BCUT2D eigenvalue weighted by Crippen LogP contribution is 2.19. The second-order valence-corrected chi connectivity index (χ2v) is 8.52. The third kappa shape index (κ3) is 6.69. The average molecular weight is 425 g/mol. The highest BCUT2D eigenvalue weighted by Gasteiger charge is 2.10. The Morgan fingerprint density at radius 2 is 2.07 bits per heavy atom. The number of nitrogens with one attached hydrogen (secondary N) is 2. The number of hydrogen-bond donors (Lipinski definition) is 2. The van der Waals surface area contributed by atoms with Crippen molar-refractivity contribution in [1.82, 2.24) is 15.6 Å². The Morgan fingerprint density at radius 1 is 1.29 bits per heavy atom. The topological polar surface area (TPSA) is 92.7 Å². The highest BCUT2D eigenvalue weighted by atomic mass is 35.5. The normalized spacial score (nSPS) is 11.9. The molecular weight excluding hydrogens is 400 g/mol. The molecule has 9 heteroatoms. The van der Waals surface area contributed by atoms with E-state index in [1.165, 1.54) is 6.26 Å². The summed E-state index contributed by atoms with van der Waals surface area (Å²) in [6.45, 7) is 5.80. The first-order chi connectivity index (χ1) is 13.3. The first kappa shape index (κ1) is 22.0. The van der Waals surface area contributed by atoms with Crippen LogP contribution >= 0.6 is 11.6 Å². The predicted molar refractivity (Wildman–Crippen MR) is 112 cm³/mol. The minimum Gasteiger partial charge on any atom is -0.475 e.